The number of aliphatic hydroxyl groups excluding tert-OH is 1. The number of aryl methyl sites for hydroxylation is 2. The molecule has 7 unspecified atom stereocenters. The molecule has 0 amide bonds. The number of aliphatic hydroxyl groups is 1. The van der Waals surface area contributed by atoms with Crippen LogP contribution in [-0.4, -0.2) is 34.2 Å². The van der Waals surface area contributed by atoms with Gasteiger partial charge in [0.1, 0.15) is 6.10 Å². The van der Waals surface area contributed by atoms with Crippen molar-refractivity contribution in [1.29, 1.82) is 0 Å². The molecule has 3 fully saturated rings. The van der Waals surface area contributed by atoms with Crippen LogP contribution in [0.25, 0.3) is 0 Å². The minimum Gasteiger partial charge on any atom is -0.494 e. The average molecular weight is 849 g/mol. The fourth-order valence-electron chi connectivity index (χ4n) is 12.2. The molecule has 5 aliphatic carbocycles. The van der Waals surface area contributed by atoms with Crippen molar-refractivity contribution in [2.75, 3.05) is 0 Å². The van der Waals surface area contributed by atoms with Gasteiger partial charge < -0.3 is 14.9 Å². The lowest BCUT2D eigenvalue weighted by atomic mass is 9.44. The zero-order chi connectivity index (χ0) is 46.6. The standard InChI is InChI=1S/C38H60O5.C9H12.C5H12.2C2H6/c1-10-28(40)38-18-13-27-34(6)17-14-29(43-25-21-35(7,22-25)32(41)42)33(4,5)36(8,20-19-34)15-11-12-16-37(27,9)31(38)30(24(2)3)26(39)23-38;1-3-9-6-4-8(2)5-7-9;1-3-5-4-2;2*1-2/h21,24,27-29,40H,10-20,22-23H2,1-9H3,(H,41,42);4-7H,3H2,1-2H3;3-5H2,1-2H3;2*1-2H3/t27?,28?,29?,34?,35?,36-,37?,38?;;;;/m0..../s1. The quantitative estimate of drug-likeness (QED) is 0.259. The Balaban J connectivity index is 0.000000597. The fourth-order valence-corrected chi connectivity index (χ4v) is 12.2. The number of fused-ring (bicyclic) bond motifs is 7. The molecular formula is C56H96O5. The van der Waals surface area contributed by atoms with E-state index in [1.165, 1.54) is 42.4 Å². The molecule has 2 bridgehead atoms. The molecule has 5 nitrogen and oxygen atoms in total. The van der Waals surface area contributed by atoms with E-state index in [0.29, 0.717) is 25.2 Å². The third kappa shape index (κ3) is 11.7. The highest BCUT2D eigenvalue weighted by Gasteiger charge is 2.63. The summed E-state index contributed by atoms with van der Waals surface area (Å²) in [4.78, 5) is 25.6. The van der Waals surface area contributed by atoms with E-state index in [2.05, 4.69) is 107 Å². The second kappa shape index (κ2) is 23.0. The van der Waals surface area contributed by atoms with Crippen molar-refractivity contribution in [2.24, 2.45) is 44.3 Å². The van der Waals surface area contributed by atoms with E-state index >= 15 is 0 Å². The van der Waals surface area contributed by atoms with Gasteiger partial charge in [-0.3, -0.25) is 9.59 Å². The predicted molar refractivity (Wildman–Crippen MR) is 260 cm³/mol. The van der Waals surface area contributed by atoms with Crippen LogP contribution >= 0.6 is 0 Å². The van der Waals surface area contributed by atoms with E-state index < -0.39 is 22.9 Å². The number of rotatable bonds is 9. The first-order valence-electron chi connectivity index (χ1n) is 25.3. The van der Waals surface area contributed by atoms with Gasteiger partial charge >= 0.3 is 5.97 Å². The minimum absolute atomic E-state index is 0.0236. The first-order chi connectivity index (χ1) is 28.6. The Hall–Kier alpha value is -2.40. The van der Waals surface area contributed by atoms with Gasteiger partial charge in [-0.25, -0.2) is 0 Å². The molecule has 61 heavy (non-hydrogen) atoms. The number of unbranched alkanes of at least 4 members (excludes halogenated alkanes) is 2. The SMILES string of the molecule is CC.CC.CCC(O)C12CCC3C4(C)CCC(OC5=CC(C)(C(=O)O)C5)C(C)(C)[C@@](C)(CCCCC3(C)C1=C(C(C)C)C(=O)C2)CC4.CCCCC.CCc1ccc(C)cc1. The van der Waals surface area contributed by atoms with Gasteiger partial charge in [0, 0.05) is 23.7 Å². The van der Waals surface area contributed by atoms with Gasteiger partial charge in [-0.2, -0.15) is 0 Å². The number of Topliss-reactive ketones (excluding diaryl/α,β-unsaturated/α-hetero) is 1. The smallest absolute Gasteiger partial charge is 0.313 e. The van der Waals surface area contributed by atoms with E-state index in [0.717, 1.165) is 75.5 Å². The Bertz CT molecular complexity index is 1600. The molecule has 0 aliphatic heterocycles. The first-order valence-corrected chi connectivity index (χ1v) is 25.3. The van der Waals surface area contributed by atoms with Crippen LogP contribution in [0.2, 0.25) is 0 Å². The van der Waals surface area contributed by atoms with Crippen molar-refractivity contribution >= 4 is 11.8 Å². The second-order valence-corrected chi connectivity index (χ2v) is 21.1. The first kappa shape index (κ1) is 54.7. The summed E-state index contributed by atoms with van der Waals surface area (Å²) in [5.41, 5.74) is 3.93. The number of hydrogen-bond donors (Lipinski definition) is 2. The lowest BCUT2D eigenvalue weighted by Crippen LogP contribution is -2.55. The van der Waals surface area contributed by atoms with E-state index in [1.807, 2.05) is 33.8 Å². The number of carbonyl (C=O) groups excluding carboxylic acids is 1. The van der Waals surface area contributed by atoms with Gasteiger partial charge in [-0.1, -0.05) is 166 Å². The fraction of sp³-hybridized carbons (Fsp3) is 0.786. The highest BCUT2D eigenvalue weighted by molar-refractivity contribution is 6.01. The molecule has 2 N–H and O–H groups in total. The van der Waals surface area contributed by atoms with Gasteiger partial charge in [0.05, 0.1) is 17.3 Å². The Morgan fingerprint density at radius 3 is 1.87 bits per heavy atom. The molecule has 0 saturated heterocycles. The van der Waals surface area contributed by atoms with Crippen molar-refractivity contribution < 1.29 is 24.5 Å². The summed E-state index contributed by atoms with van der Waals surface area (Å²) in [7, 11) is 0. The van der Waals surface area contributed by atoms with Crippen LogP contribution < -0.4 is 0 Å². The molecule has 8 atom stereocenters. The lowest BCUT2D eigenvalue weighted by molar-refractivity contribution is -0.150. The monoisotopic (exact) mass is 849 g/mol. The van der Waals surface area contributed by atoms with Gasteiger partial charge in [0.2, 0.25) is 0 Å². The number of carbonyl (C=O) groups is 2. The maximum Gasteiger partial charge on any atom is 0.313 e. The zero-order valence-electron chi connectivity index (χ0n) is 42.8. The molecule has 1 aromatic rings. The van der Waals surface area contributed by atoms with Crippen LogP contribution in [0.1, 0.15) is 225 Å². The minimum atomic E-state index is -0.820. The largest absolute Gasteiger partial charge is 0.494 e. The number of ketones is 1. The van der Waals surface area contributed by atoms with Gasteiger partial charge in [-0.15, -0.1) is 0 Å². The van der Waals surface area contributed by atoms with Crippen LogP contribution in [0.3, 0.4) is 0 Å². The Kier molecular flexibility index (Phi) is 20.6. The van der Waals surface area contributed by atoms with Crippen LogP contribution in [-0.2, 0) is 20.7 Å². The maximum atomic E-state index is 13.8. The lowest BCUT2D eigenvalue weighted by Gasteiger charge is -2.61. The van der Waals surface area contributed by atoms with E-state index in [4.69, 9.17) is 4.74 Å². The molecule has 5 heteroatoms. The molecule has 5 aliphatic rings. The van der Waals surface area contributed by atoms with Gasteiger partial charge in [0.25, 0.3) is 0 Å². The summed E-state index contributed by atoms with van der Waals surface area (Å²) in [6, 6.07) is 8.66. The van der Waals surface area contributed by atoms with E-state index in [1.54, 1.807) is 6.92 Å². The summed E-state index contributed by atoms with van der Waals surface area (Å²) >= 11 is 0. The van der Waals surface area contributed by atoms with E-state index in [9.17, 15) is 19.8 Å². The highest BCUT2D eigenvalue weighted by Crippen LogP contribution is 2.69. The van der Waals surface area contributed by atoms with Gasteiger partial charge in [-0.05, 0) is 129 Å². The molecule has 0 spiro atoms. The normalized spacial score (nSPS) is 33.0. The number of allylic oxidation sites excluding steroid dienone is 2. The van der Waals surface area contributed by atoms with Gasteiger partial charge in [0.15, 0.2) is 5.78 Å². The molecular weight excluding hydrogens is 753 g/mol. The van der Waals surface area contributed by atoms with Crippen LogP contribution in [0.5, 0.6) is 0 Å². The predicted octanol–water partition coefficient (Wildman–Crippen LogP) is 15.8. The zero-order valence-corrected chi connectivity index (χ0v) is 42.8. The Morgan fingerprint density at radius 1 is 0.803 bits per heavy atom. The number of aliphatic carboxylic acids is 1. The topological polar surface area (TPSA) is 83.8 Å². The molecule has 1 aromatic carbocycles. The average Bonchev–Trinajstić information content (AvgIpc) is 3.55. The van der Waals surface area contributed by atoms with Crippen LogP contribution in [0.4, 0.5) is 0 Å². The summed E-state index contributed by atoms with van der Waals surface area (Å²) in [6.45, 7) is 37.2. The maximum absolute atomic E-state index is 13.8. The van der Waals surface area contributed by atoms with Crippen molar-refractivity contribution in [1.82, 2.24) is 0 Å². The van der Waals surface area contributed by atoms with Crippen molar-refractivity contribution in [3.8, 4) is 0 Å². The summed E-state index contributed by atoms with van der Waals surface area (Å²) in [5, 5.41) is 21.3. The molecule has 0 radical (unpaired) electrons. The number of ether oxygens (including phenoxy) is 1. The highest BCUT2D eigenvalue weighted by atomic mass is 16.5. The molecule has 6 rings (SSSR count). The summed E-state index contributed by atoms with van der Waals surface area (Å²) in [6.07, 6.45) is 19.0. The third-order valence-electron chi connectivity index (χ3n) is 16.5. The number of carboxylic acids is 1. The molecule has 3 saturated carbocycles. The van der Waals surface area contributed by atoms with Crippen LogP contribution in [0, 0.1) is 51.2 Å². The molecule has 350 valence electrons. The van der Waals surface area contributed by atoms with Crippen LogP contribution in [0.15, 0.2) is 47.2 Å². The number of carboxylic acid groups (broad SMARTS) is 1. The van der Waals surface area contributed by atoms with E-state index in [-0.39, 0.29) is 39.5 Å². The summed E-state index contributed by atoms with van der Waals surface area (Å²) < 4.78 is 6.82. The third-order valence-corrected chi connectivity index (χ3v) is 16.5. The summed E-state index contributed by atoms with van der Waals surface area (Å²) in [5.74, 6) is 0.950. The molecule has 0 heterocycles. The second-order valence-electron chi connectivity index (χ2n) is 21.1. The van der Waals surface area contributed by atoms with Crippen molar-refractivity contribution in [3.05, 3.63) is 58.4 Å². The van der Waals surface area contributed by atoms with Crippen molar-refractivity contribution in [2.45, 2.75) is 239 Å². The van der Waals surface area contributed by atoms with Crippen molar-refractivity contribution in [3.63, 3.8) is 0 Å². The molecule has 0 aromatic heterocycles. The number of benzene rings is 1. The Labute approximate surface area is 376 Å². The Morgan fingerprint density at radius 2 is 1.38 bits per heavy atom. The number of hydrogen-bond acceptors (Lipinski definition) is 4.